The Hall–Kier alpha value is -1.43. The van der Waals surface area contributed by atoms with Crippen molar-refractivity contribution in [3.63, 3.8) is 0 Å². The van der Waals surface area contributed by atoms with E-state index in [0.717, 1.165) is 5.56 Å². The number of benzene rings is 1. The van der Waals surface area contributed by atoms with Gasteiger partial charge in [0.25, 0.3) is 5.91 Å². The first-order chi connectivity index (χ1) is 8.72. The summed E-state index contributed by atoms with van der Waals surface area (Å²) in [4.78, 5) is 12.1. The first-order valence-electron chi connectivity index (χ1n) is 5.91. The molecule has 4 N–H and O–H groups in total. The molecule has 18 heavy (non-hydrogen) atoms. The number of aliphatic hydroxyl groups excluding tert-OH is 1. The molecule has 5 heteroatoms. The number of nitrogens with two attached hydrogens (primary N) is 1. The van der Waals surface area contributed by atoms with E-state index >= 15 is 0 Å². The fourth-order valence-electron chi connectivity index (χ4n) is 1.72. The van der Waals surface area contributed by atoms with Crippen LogP contribution in [-0.2, 0) is 11.2 Å². The standard InChI is InChI=1S/C13H20N2O3/c1-18-9-11(8-16)15-13(17)12-5-3-2-4-10(12)6-7-14/h2-5,11,16H,6-9,14H2,1H3,(H,15,17). The van der Waals surface area contributed by atoms with Crippen LogP contribution in [0.1, 0.15) is 15.9 Å². The minimum atomic E-state index is -0.395. The van der Waals surface area contributed by atoms with Gasteiger partial charge in [-0.05, 0) is 24.6 Å². The lowest BCUT2D eigenvalue weighted by molar-refractivity contribution is 0.0839. The van der Waals surface area contributed by atoms with E-state index in [4.69, 9.17) is 15.6 Å². The summed E-state index contributed by atoms with van der Waals surface area (Å²) in [5, 5.41) is 11.8. The van der Waals surface area contributed by atoms with E-state index in [-0.39, 0.29) is 19.1 Å². The fraction of sp³-hybridized carbons (Fsp3) is 0.462. The van der Waals surface area contributed by atoms with Gasteiger partial charge in [-0.3, -0.25) is 4.79 Å². The summed E-state index contributed by atoms with van der Waals surface area (Å²) in [5.74, 6) is -0.213. The van der Waals surface area contributed by atoms with Crippen LogP contribution in [0.4, 0.5) is 0 Å². The van der Waals surface area contributed by atoms with Gasteiger partial charge in [-0.1, -0.05) is 18.2 Å². The maximum absolute atomic E-state index is 12.1. The van der Waals surface area contributed by atoms with Crippen molar-refractivity contribution in [1.82, 2.24) is 5.32 Å². The summed E-state index contributed by atoms with van der Waals surface area (Å²) >= 11 is 0. The summed E-state index contributed by atoms with van der Waals surface area (Å²) in [6.45, 7) is 0.617. The van der Waals surface area contributed by atoms with Crippen molar-refractivity contribution in [2.75, 3.05) is 26.9 Å². The SMILES string of the molecule is COCC(CO)NC(=O)c1ccccc1CCN. The lowest BCUT2D eigenvalue weighted by atomic mass is 10.0. The predicted molar refractivity (Wildman–Crippen MR) is 69.4 cm³/mol. The van der Waals surface area contributed by atoms with Crippen LogP contribution in [0.2, 0.25) is 0 Å². The normalized spacial score (nSPS) is 12.2. The Balaban J connectivity index is 2.76. The minimum Gasteiger partial charge on any atom is -0.394 e. The molecule has 0 aliphatic heterocycles. The molecule has 0 aliphatic carbocycles. The average molecular weight is 252 g/mol. The van der Waals surface area contributed by atoms with Crippen molar-refractivity contribution in [3.05, 3.63) is 35.4 Å². The van der Waals surface area contributed by atoms with Crippen molar-refractivity contribution in [1.29, 1.82) is 0 Å². The van der Waals surface area contributed by atoms with Crippen molar-refractivity contribution in [2.45, 2.75) is 12.5 Å². The number of nitrogens with one attached hydrogen (secondary N) is 1. The zero-order valence-electron chi connectivity index (χ0n) is 10.6. The molecule has 0 aromatic heterocycles. The third-order valence-electron chi connectivity index (χ3n) is 2.60. The van der Waals surface area contributed by atoms with E-state index in [1.165, 1.54) is 7.11 Å². The van der Waals surface area contributed by atoms with E-state index in [1.807, 2.05) is 12.1 Å². The Bertz CT molecular complexity index is 382. The Labute approximate surface area is 107 Å². The van der Waals surface area contributed by atoms with Gasteiger partial charge in [0.2, 0.25) is 0 Å². The Morgan fingerprint density at radius 3 is 2.83 bits per heavy atom. The van der Waals surface area contributed by atoms with Gasteiger partial charge in [0.15, 0.2) is 0 Å². The molecular weight excluding hydrogens is 232 g/mol. The maximum atomic E-state index is 12.1. The second-order valence-electron chi connectivity index (χ2n) is 4.00. The number of carbonyl (C=O) groups is 1. The first-order valence-corrected chi connectivity index (χ1v) is 5.91. The lowest BCUT2D eigenvalue weighted by Gasteiger charge is -2.16. The molecule has 1 aromatic carbocycles. The second kappa shape index (κ2) is 7.81. The third kappa shape index (κ3) is 4.10. The fourth-order valence-corrected chi connectivity index (χ4v) is 1.72. The van der Waals surface area contributed by atoms with Crippen LogP contribution in [0.15, 0.2) is 24.3 Å². The van der Waals surface area contributed by atoms with Gasteiger partial charge in [-0.25, -0.2) is 0 Å². The summed E-state index contributed by atoms with van der Waals surface area (Å²) in [7, 11) is 1.52. The van der Waals surface area contributed by atoms with Crippen molar-refractivity contribution >= 4 is 5.91 Å². The number of rotatable bonds is 7. The number of hydrogen-bond acceptors (Lipinski definition) is 4. The molecule has 0 fully saturated rings. The molecule has 0 aliphatic rings. The quantitative estimate of drug-likeness (QED) is 0.634. The molecule has 1 aromatic rings. The monoisotopic (exact) mass is 252 g/mol. The minimum absolute atomic E-state index is 0.154. The number of ether oxygens (including phenoxy) is 1. The number of aliphatic hydroxyl groups is 1. The van der Waals surface area contributed by atoms with Crippen molar-refractivity contribution in [2.24, 2.45) is 5.73 Å². The predicted octanol–water partition coefficient (Wildman–Crippen LogP) is -0.0751. The highest BCUT2D eigenvalue weighted by Crippen LogP contribution is 2.09. The van der Waals surface area contributed by atoms with Gasteiger partial charge < -0.3 is 20.9 Å². The highest BCUT2D eigenvalue weighted by Gasteiger charge is 2.15. The molecular formula is C13H20N2O3. The van der Waals surface area contributed by atoms with Crippen molar-refractivity contribution < 1.29 is 14.6 Å². The van der Waals surface area contributed by atoms with Gasteiger partial charge in [0.1, 0.15) is 0 Å². The van der Waals surface area contributed by atoms with Crippen LogP contribution in [0, 0.1) is 0 Å². The van der Waals surface area contributed by atoms with Gasteiger partial charge in [0.05, 0.1) is 19.3 Å². The molecule has 0 heterocycles. The zero-order valence-corrected chi connectivity index (χ0v) is 10.6. The topological polar surface area (TPSA) is 84.6 Å². The number of hydrogen-bond donors (Lipinski definition) is 3. The third-order valence-corrected chi connectivity index (χ3v) is 2.60. The molecule has 1 rings (SSSR count). The average Bonchev–Trinajstić information content (AvgIpc) is 2.39. The molecule has 0 bridgehead atoms. The highest BCUT2D eigenvalue weighted by molar-refractivity contribution is 5.95. The van der Waals surface area contributed by atoms with E-state index in [9.17, 15) is 4.79 Å². The van der Waals surface area contributed by atoms with E-state index < -0.39 is 6.04 Å². The van der Waals surface area contributed by atoms with E-state index in [2.05, 4.69) is 5.32 Å². The highest BCUT2D eigenvalue weighted by atomic mass is 16.5. The number of amides is 1. The van der Waals surface area contributed by atoms with Gasteiger partial charge in [0, 0.05) is 12.7 Å². The summed E-state index contributed by atoms with van der Waals surface area (Å²) in [6, 6.07) is 6.92. The van der Waals surface area contributed by atoms with Crippen LogP contribution >= 0.6 is 0 Å². The van der Waals surface area contributed by atoms with Crippen LogP contribution in [0.3, 0.4) is 0 Å². The van der Waals surface area contributed by atoms with Gasteiger partial charge in [-0.2, -0.15) is 0 Å². The van der Waals surface area contributed by atoms with Crippen LogP contribution in [0.25, 0.3) is 0 Å². The van der Waals surface area contributed by atoms with Crippen molar-refractivity contribution in [3.8, 4) is 0 Å². The van der Waals surface area contributed by atoms with Gasteiger partial charge in [-0.15, -0.1) is 0 Å². The van der Waals surface area contributed by atoms with E-state index in [1.54, 1.807) is 12.1 Å². The van der Waals surface area contributed by atoms with Crippen LogP contribution < -0.4 is 11.1 Å². The van der Waals surface area contributed by atoms with Crippen LogP contribution in [-0.4, -0.2) is 43.9 Å². The Morgan fingerprint density at radius 2 is 2.22 bits per heavy atom. The molecule has 1 amide bonds. The van der Waals surface area contributed by atoms with E-state index in [0.29, 0.717) is 18.5 Å². The smallest absolute Gasteiger partial charge is 0.251 e. The summed E-state index contributed by atoms with van der Waals surface area (Å²) < 4.78 is 4.91. The summed E-state index contributed by atoms with van der Waals surface area (Å²) in [6.07, 6.45) is 0.650. The second-order valence-corrected chi connectivity index (χ2v) is 4.00. The van der Waals surface area contributed by atoms with Gasteiger partial charge >= 0.3 is 0 Å². The molecule has 0 saturated heterocycles. The number of methoxy groups -OCH3 is 1. The molecule has 100 valence electrons. The zero-order chi connectivity index (χ0) is 13.4. The Morgan fingerprint density at radius 1 is 1.50 bits per heavy atom. The largest absolute Gasteiger partial charge is 0.394 e. The molecule has 5 nitrogen and oxygen atoms in total. The summed E-state index contributed by atoms with van der Waals surface area (Å²) in [5.41, 5.74) is 7.02. The van der Waals surface area contributed by atoms with Crippen LogP contribution in [0.5, 0.6) is 0 Å². The molecule has 1 atom stereocenters. The molecule has 1 unspecified atom stereocenters. The molecule has 0 saturated carbocycles. The maximum Gasteiger partial charge on any atom is 0.251 e. The molecule has 0 spiro atoms. The first kappa shape index (κ1) is 14.6. The molecule has 0 radical (unpaired) electrons. The Kier molecular flexibility index (Phi) is 6.35. The lowest BCUT2D eigenvalue weighted by Crippen LogP contribution is -2.41. The number of carbonyl (C=O) groups excluding carboxylic acids is 1.